The number of ether oxygens (including phenoxy) is 2. The summed E-state index contributed by atoms with van der Waals surface area (Å²) in [5.74, 6) is 1.000. The molecule has 0 saturated carbocycles. The summed E-state index contributed by atoms with van der Waals surface area (Å²) >= 11 is 0. The molecule has 1 fully saturated rings. The van der Waals surface area contributed by atoms with Gasteiger partial charge in [0.2, 0.25) is 0 Å². The van der Waals surface area contributed by atoms with Gasteiger partial charge < -0.3 is 19.7 Å². The lowest BCUT2D eigenvalue weighted by Crippen LogP contribution is -2.43. The van der Waals surface area contributed by atoms with Gasteiger partial charge in [0.1, 0.15) is 24.5 Å². The van der Waals surface area contributed by atoms with Gasteiger partial charge in [-0.1, -0.05) is 0 Å². The van der Waals surface area contributed by atoms with E-state index < -0.39 is 5.82 Å². The lowest BCUT2D eigenvalue weighted by Gasteiger charge is -2.32. The summed E-state index contributed by atoms with van der Waals surface area (Å²) < 4.78 is 26.1. The van der Waals surface area contributed by atoms with Gasteiger partial charge in [-0.3, -0.25) is 14.3 Å². The molecule has 0 atom stereocenters. The fourth-order valence-electron chi connectivity index (χ4n) is 4.18. The summed E-state index contributed by atoms with van der Waals surface area (Å²) in [5.41, 5.74) is 1.52. The first-order valence-corrected chi connectivity index (χ1v) is 10.9. The zero-order valence-electron chi connectivity index (χ0n) is 17.7. The Kier molecular flexibility index (Phi) is 5.95. The van der Waals surface area contributed by atoms with Gasteiger partial charge in [-0.05, 0) is 25.9 Å². The predicted octanol–water partition coefficient (Wildman–Crippen LogP) is 1.35. The minimum Gasteiger partial charge on any atom is -0.486 e. The predicted molar refractivity (Wildman–Crippen MR) is 115 cm³/mol. The Morgan fingerprint density at radius 3 is 2.66 bits per heavy atom. The van der Waals surface area contributed by atoms with Crippen molar-refractivity contribution in [1.29, 1.82) is 0 Å². The molecule has 0 spiro atoms. The monoisotopic (exact) mass is 440 g/mol. The topological polar surface area (TPSA) is 94.4 Å². The standard InChI is InChI=1S/C22H25FN6O3/c23-15-9-18-22(27-11-15)29(21(30)14-26-18)6-5-28-3-1-16(2-4-28)24-12-17-10-19-20(13-25-17)32-8-7-31-19/h9-11,13-14,16,24H,1-8,12H2. The third kappa shape index (κ3) is 4.56. The molecule has 3 aromatic rings. The fraction of sp³-hybridized carbons (Fsp3) is 0.455. The Hall–Kier alpha value is -3.11. The Bertz CT molecular complexity index is 1160. The number of nitrogens with one attached hydrogen (secondary N) is 1. The first-order valence-electron chi connectivity index (χ1n) is 10.9. The highest BCUT2D eigenvalue weighted by atomic mass is 19.1. The number of hydrogen-bond donors (Lipinski definition) is 1. The van der Waals surface area contributed by atoms with E-state index in [0.717, 1.165) is 50.1 Å². The number of piperidine rings is 1. The second-order valence-electron chi connectivity index (χ2n) is 8.06. The molecule has 32 heavy (non-hydrogen) atoms. The number of likely N-dealkylation sites (tertiary alicyclic amines) is 1. The van der Waals surface area contributed by atoms with Crippen LogP contribution in [0.3, 0.4) is 0 Å². The van der Waals surface area contributed by atoms with E-state index in [9.17, 15) is 9.18 Å². The molecule has 1 N–H and O–H groups in total. The van der Waals surface area contributed by atoms with Gasteiger partial charge in [0.05, 0.1) is 24.3 Å². The number of halogens is 1. The molecule has 0 aliphatic carbocycles. The van der Waals surface area contributed by atoms with Gasteiger partial charge >= 0.3 is 0 Å². The van der Waals surface area contributed by atoms with E-state index >= 15 is 0 Å². The Morgan fingerprint density at radius 1 is 1.00 bits per heavy atom. The lowest BCUT2D eigenvalue weighted by atomic mass is 10.0. The highest BCUT2D eigenvalue weighted by molar-refractivity contribution is 5.69. The van der Waals surface area contributed by atoms with E-state index in [-0.39, 0.29) is 5.56 Å². The molecular weight excluding hydrogens is 415 g/mol. The van der Waals surface area contributed by atoms with E-state index in [1.165, 1.54) is 12.3 Å². The highest BCUT2D eigenvalue weighted by Crippen LogP contribution is 2.29. The van der Waals surface area contributed by atoms with Crippen molar-refractivity contribution < 1.29 is 13.9 Å². The van der Waals surface area contributed by atoms with E-state index in [0.29, 0.717) is 49.3 Å². The van der Waals surface area contributed by atoms with Crippen molar-refractivity contribution in [2.75, 3.05) is 32.8 Å². The van der Waals surface area contributed by atoms with Crippen LogP contribution >= 0.6 is 0 Å². The molecule has 3 aromatic heterocycles. The SMILES string of the molecule is O=c1cnc2cc(F)cnc2n1CCN1CCC(NCc2cc3c(cn2)OCCO3)CC1. The largest absolute Gasteiger partial charge is 0.486 e. The van der Waals surface area contributed by atoms with Crippen LogP contribution in [0, 0.1) is 5.82 Å². The van der Waals surface area contributed by atoms with Crippen molar-refractivity contribution in [2.45, 2.75) is 32.0 Å². The van der Waals surface area contributed by atoms with E-state index in [1.54, 1.807) is 10.8 Å². The second-order valence-corrected chi connectivity index (χ2v) is 8.06. The van der Waals surface area contributed by atoms with Crippen molar-refractivity contribution in [1.82, 2.24) is 29.7 Å². The minimum absolute atomic E-state index is 0.222. The van der Waals surface area contributed by atoms with Crippen molar-refractivity contribution in [3.63, 3.8) is 0 Å². The average Bonchev–Trinajstić information content (AvgIpc) is 2.83. The maximum absolute atomic E-state index is 13.4. The van der Waals surface area contributed by atoms with Crippen LogP contribution in [0.2, 0.25) is 0 Å². The van der Waals surface area contributed by atoms with Gasteiger partial charge in [0.15, 0.2) is 17.1 Å². The smallest absolute Gasteiger partial charge is 0.270 e. The molecule has 2 aliphatic rings. The molecule has 0 bridgehead atoms. The van der Waals surface area contributed by atoms with Gasteiger partial charge in [-0.2, -0.15) is 0 Å². The molecule has 168 valence electrons. The molecule has 0 radical (unpaired) electrons. The number of hydrogen-bond acceptors (Lipinski definition) is 8. The quantitative estimate of drug-likeness (QED) is 0.614. The summed E-state index contributed by atoms with van der Waals surface area (Å²) in [6, 6.07) is 3.65. The first-order chi connectivity index (χ1) is 15.7. The molecule has 9 nitrogen and oxygen atoms in total. The molecule has 0 unspecified atom stereocenters. The Morgan fingerprint density at radius 2 is 1.81 bits per heavy atom. The molecule has 5 rings (SSSR count). The lowest BCUT2D eigenvalue weighted by molar-refractivity contribution is 0.170. The summed E-state index contributed by atoms with van der Waals surface area (Å²) in [4.78, 5) is 27.1. The molecule has 0 amide bonds. The fourth-order valence-corrected chi connectivity index (χ4v) is 4.18. The Labute approximate surface area is 184 Å². The molecule has 2 aliphatic heterocycles. The summed E-state index contributed by atoms with van der Waals surface area (Å²) in [6.45, 7) is 4.91. The van der Waals surface area contributed by atoms with E-state index in [1.807, 2.05) is 6.07 Å². The number of nitrogens with zero attached hydrogens (tertiary/aromatic N) is 5. The Balaban J connectivity index is 1.12. The van der Waals surface area contributed by atoms with Crippen LogP contribution in [0.4, 0.5) is 4.39 Å². The molecule has 1 saturated heterocycles. The normalized spacial score (nSPS) is 17.0. The van der Waals surface area contributed by atoms with Gasteiger partial charge in [-0.15, -0.1) is 0 Å². The number of fused-ring (bicyclic) bond motifs is 2. The van der Waals surface area contributed by atoms with Crippen LogP contribution in [0.15, 0.2) is 35.5 Å². The maximum atomic E-state index is 13.4. The number of pyridine rings is 2. The zero-order valence-corrected chi connectivity index (χ0v) is 17.7. The van der Waals surface area contributed by atoms with E-state index in [2.05, 4.69) is 25.2 Å². The van der Waals surface area contributed by atoms with Crippen LogP contribution in [-0.4, -0.2) is 63.3 Å². The van der Waals surface area contributed by atoms with Crippen LogP contribution in [0.25, 0.3) is 11.2 Å². The average molecular weight is 440 g/mol. The second kappa shape index (κ2) is 9.17. The third-order valence-electron chi connectivity index (χ3n) is 5.94. The first kappa shape index (κ1) is 20.8. The van der Waals surface area contributed by atoms with Gasteiger partial charge in [0, 0.05) is 37.8 Å². The van der Waals surface area contributed by atoms with Crippen LogP contribution in [0.5, 0.6) is 11.5 Å². The third-order valence-corrected chi connectivity index (χ3v) is 5.94. The summed E-state index contributed by atoms with van der Waals surface area (Å²) in [5, 5.41) is 3.58. The van der Waals surface area contributed by atoms with Crippen molar-refractivity contribution in [3.8, 4) is 11.5 Å². The minimum atomic E-state index is -0.462. The molecule has 0 aromatic carbocycles. The number of aromatic nitrogens is 4. The van der Waals surface area contributed by atoms with Crippen LogP contribution in [0.1, 0.15) is 18.5 Å². The van der Waals surface area contributed by atoms with Crippen molar-refractivity contribution in [2.24, 2.45) is 0 Å². The van der Waals surface area contributed by atoms with Gasteiger partial charge in [-0.25, -0.2) is 14.4 Å². The van der Waals surface area contributed by atoms with Crippen LogP contribution in [-0.2, 0) is 13.1 Å². The zero-order chi connectivity index (χ0) is 21.9. The van der Waals surface area contributed by atoms with Crippen LogP contribution < -0.4 is 20.3 Å². The van der Waals surface area contributed by atoms with Crippen molar-refractivity contribution in [3.05, 3.63) is 52.6 Å². The number of rotatable bonds is 6. The maximum Gasteiger partial charge on any atom is 0.270 e. The molecule has 10 heteroatoms. The summed E-state index contributed by atoms with van der Waals surface area (Å²) in [6.07, 6.45) is 6.10. The highest BCUT2D eigenvalue weighted by Gasteiger charge is 2.20. The van der Waals surface area contributed by atoms with E-state index in [4.69, 9.17) is 9.47 Å². The van der Waals surface area contributed by atoms with Gasteiger partial charge in [0.25, 0.3) is 5.56 Å². The summed E-state index contributed by atoms with van der Waals surface area (Å²) in [7, 11) is 0. The molecule has 5 heterocycles. The van der Waals surface area contributed by atoms with Crippen molar-refractivity contribution >= 4 is 11.2 Å². The molecular formula is C22H25FN6O3.